The van der Waals surface area contributed by atoms with Crippen molar-refractivity contribution in [2.75, 3.05) is 0 Å². The van der Waals surface area contributed by atoms with E-state index in [0.717, 1.165) is 10.0 Å². The minimum Gasteiger partial charge on any atom is -0.420 e. The van der Waals surface area contributed by atoms with Crippen LogP contribution in [0.25, 0.3) is 11.5 Å². The van der Waals surface area contributed by atoms with Gasteiger partial charge in [-0.1, -0.05) is 39.8 Å². The molecule has 0 aliphatic heterocycles. The van der Waals surface area contributed by atoms with E-state index in [-0.39, 0.29) is 0 Å². The Hall–Kier alpha value is -2.00. The third kappa shape index (κ3) is 3.42. The standard InChI is InChI=1S/C13H11BrN6OS/c1-2-6-20-13(17-18-19-20)22-8-11-15-16-12(21-11)9-4-3-5-10(14)7-9/h2-5,7H,1,6,8H2. The number of halogens is 1. The Kier molecular flexibility index (Phi) is 4.64. The van der Waals surface area contributed by atoms with Crippen LogP contribution >= 0.6 is 27.7 Å². The molecule has 0 saturated carbocycles. The predicted molar refractivity (Wildman–Crippen MR) is 85.0 cm³/mol. The van der Waals surface area contributed by atoms with E-state index in [2.05, 4.69) is 48.2 Å². The fourth-order valence-electron chi connectivity index (χ4n) is 1.71. The van der Waals surface area contributed by atoms with Gasteiger partial charge in [-0.3, -0.25) is 0 Å². The Morgan fingerprint density at radius 1 is 1.32 bits per heavy atom. The largest absolute Gasteiger partial charge is 0.420 e. The highest BCUT2D eigenvalue weighted by Crippen LogP contribution is 2.24. The van der Waals surface area contributed by atoms with Crippen molar-refractivity contribution in [1.29, 1.82) is 0 Å². The Morgan fingerprint density at radius 3 is 3.05 bits per heavy atom. The predicted octanol–water partition coefficient (Wildman–Crippen LogP) is 2.96. The highest BCUT2D eigenvalue weighted by Gasteiger charge is 2.12. The van der Waals surface area contributed by atoms with Gasteiger partial charge in [0.15, 0.2) is 0 Å². The molecule has 3 aromatic rings. The molecule has 112 valence electrons. The number of hydrogen-bond acceptors (Lipinski definition) is 7. The quantitative estimate of drug-likeness (QED) is 0.481. The Morgan fingerprint density at radius 2 is 2.23 bits per heavy atom. The van der Waals surface area contributed by atoms with Gasteiger partial charge in [-0.05, 0) is 28.6 Å². The van der Waals surface area contributed by atoms with Crippen LogP contribution in [0.15, 0.2) is 51.0 Å². The summed E-state index contributed by atoms with van der Waals surface area (Å²) in [5.74, 6) is 1.51. The molecular weight excluding hydrogens is 368 g/mol. The molecule has 0 atom stereocenters. The second-order valence-electron chi connectivity index (χ2n) is 4.23. The highest BCUT2D eigenvalue weighted by atomic mass is 79.9. The first kappa shape index (κ1) is 14.9. The molecular formula is C13H11BrN6OS. The molecule has 9 heteroatoms. The second-order valence-corrected chi connectivity index (χ2v) is 6.09. The van der Waals surface area contributed by atoms with Gasteiger partial charge >= 0.3 is 0 Å². The van der Waals surface area contributed by atoms with Crippen LogP contribution in [-0.2, 0) is 12.3 Å². The number of nitrogens with zero attached hydrogens (tertiary/aromatic N) is 6. The summed E-state index contributed by atoms with van der Waals surface area (Å²) in [5.41, 5.74) is 0.870. The van der Waals surface area contributed by atoms with E-state index in [1.54, 1.807) is 10.8 Å². The average molecular weight is 379 g/mol. The number of rotatable bonds is 6. The van der Waals surface area contributed by atoms with Crippen LogP contribution in [0.5, 0.6) is 0 Å². The fourth-order valence-corrected chi connectivity index (χ4v) is 2.84. The monoisotopic (exact) mass is 378 g/mol. The van der Waals surface area contributed by atoms with E-state index in [0.29, 0.717) is 29.2 Å². The third-order valence-corrected chi connectivity index (χ3v) is 4.10. The maximum absolute atomic E-state index is 5.66. The summed E-state index contributed by atoms with van der Waals surface area (Å²) in [6.07, 6.45) is 1.73. The lowest BCUT2D eigenvalue weighted by atomic mass is 10.2. The van der Waals surface area contributed by atoms with Gasteiger partial charge in [0, 0.05) is 10.0 Å². The zero-order valence-electron chi connectivity index (χ0n) is 11.4. The molecule has 1 aromatic carbocycles. The minimum absolute atomic E-state index is 0.489. The summed E-state index contributed by atoms with van der Waals surface area (Å²) < 4.78 is 8.28. The molecule has 2 heterocycles. The van der Waals surface area contributed by atoms with Crippen LogP contribution in [-0.4, -0.2) is 30.4 Å². The van der Waals surface area contributed by atoms with Gasteiger partial charge in [0.2, 0.25) is 16.9 Å². The molecule has 3 rings (SSSR count). The fraction of sp³-hybridized carbons (Fsp3) is 0.154. The van der Waals surface area contributed by atoms with Crippen molar-refractivity contribution in [3.8, 4) is 11.5 Å². The van der Waals surface area contributed by atoms with Crippen molar-refractivity contribution in [3.63, 3.8) is 0 Å². The summed E-state index contributed by atoms with van der Waals surface area (Å²) in [6.45, 7) is 4.23. The highest BCUT2D eigenvalue weighted by molar-refractivity contribution is 9.10. The zero-order chi connectivity index (χ0) is 15.4. The molecule has 0 saturated heterocycles. The van der Waals surface area contributed by atoms with Gasteiger partial charge < -0.3 is 4.42 Å². The molecule has 0 radical (unpaired) electrons. The lowest BCUT2D eigenvalue weighted by Gasteiger charge is -1.98. The molecule has 0 N–H and O–H groups in total. The summed E-state index contributed by atoms with van der Waals surface area (Å²) in [6, 6.07) is 7.70. The van der Waals surface area contributed by atoms with Crippen LogP contribution < -0.4 is 0 Å². The van der Waals surface area contributed by atoms with Crippen LogP contribution in [0, 0.1) is 0 Å². The maximum atomic E-state index is 5.66. The van der Waals surface area contributed by atoms with Crippen molar-refractivity contribution in [3.05, 3.63) is 47.3 Å². The first-order valence-electron chi connectivity index (χ1n) is 6.34. The van der Waals surface area contributed by atoms with Gasteiger partial charge in [0.05, 0.1) is 12.3 Å². The summed E-state index contributed by atoms with van der Waals surface area (Å²) in [4.78, 5) is 0. The molecule has 0 bridgehead atoms. The summed E-state index contributed by atoms with van der Waals surface area (Å²) in [7, 11) is 0. The topological polar surface area (TPSA) is 82.5 Å². The Bertz CT molecular complexity index is 786. The lowest BCUT2D eigenvalue weighted by molar-refractivity contribution is 0.527. The van der Waals surface area contributed by atoms with Gasteiger partial charge in [0.1, 0.15) is 0 Å². The molecule has 0 spiro atoms. The van der Waals surface area contributed by atoms with Crippen molar-refractivity contribution in [1.82, 2.24) is 30.4 Å². The van der Waals surface area contributed by atoms with E-state index < -0.39 is 0 Å². The molecule has 0 amide bonds. The van der Waals surface area contributed by atoms with Gasteiger partial charge in [0.25, 0.3) is 0 Å². The first-order chi connectivity index (χ1) is 10.8. The van der Waals surface area contributed by atoms with Crippen LogP contribution in [0.1, 0.15) is 5.89 Å². The SMILES string of the molecule is C=CCn1nnnc1SCc1nnc(-c2cccc(Br)c2)o1. The number of benzene rings is 1. The van der Waals surface area contributed by atoms with Gasteiger partial charge in [-0.25, -0.2) is 4.68 Å². The number of thioether (sulfide) groups is 1. The lowest BCUT2D eigenvalue weighted by Crippen LogP contribution is -1.99. The molecule has 0 fully saturated rings. The Labute approximate surface area is 138 Å². The molecule has 0 aliphatic carbocycles. The summed E-state index contributed by atoms with van der Waals surface area (Å²) >= 11 is 4.85. The Balaban J connectivity index is 1.69. The molecule has 2 aromatic heterocycles. The smallest absolute Gasteiger partial charge is 0.247 e. The normalized spacial score (nSPS) is 10.8. The minimum atomic E-state index is 0.489. The average Bonchev–Trinajstić information content (AvgIpc) is 3.15. The molecule has 7 nitrogen and oxygen atoms in total. The van der Waals surface area contributed by atoms with Crippen LogP contribution in [0.2, 0.25) is 0 Å². The molecule has 22 heavy (non-hydrogen) atoms. The number of tetrazole rings is 1. The maximum Gasteiger partial charge on any atom is 0.247 e. The second kappa shape index (κ2) is 6.84. The van der Waals surface area contributed by atoms with Crippen molar-refractivity contribution in [2.45, 2.75) is 17.5 Å². The van der Waals surface area contributed by atoms with Crippen molar-refractivity contribution >= 4 is 27.7 Å². The molecule has 0 unspecified atom stereocenters. The zero-order valence-corrected chi connectivity index (χ0v) is 13.8. The number of hydrogen-bond donors (Lipinski definition) is 0. The first-order valence-corrected chi connectivity index (χ1v) is 8.12. The number of allylic oxidation sites excluding steroid dienone is 1. The van der Waals surface area contributed by atoms with Gasteiger partial charge in [-0.15, -0.1) is 21.9 Å². The van der Waals surface area contributed by atoms with E-state index in [9.17, 15) is 0 Å². The third-order valence-electron chi connectivity index (χ3n) is 2.66. The van der Waals surface area contributed by atoms with E-state index in [4.69, 9.17) is 4.42 Å². The van der Waals surface area contributed by atoms with E-state index >= 15 is 0 Å². The van der Waals surface area contributed by atoms with Crippen molar-refractivity contribution < 1.29 is 4.42 Å². The molecule has 0 aliphatic rings. The van der Waals surface area contributed by atoms with Crippen molar-refractivity contribution in [2.24, 2.45) is 0 Å². The van der Waals surface area contributed by atoms with Crippen LogP contribution in [0.4, 0.5) is 0 Å². The summed E-state index contributed by atoms with van der Waals surface area (Å²) in [5, 5.41) is 20.2. The van der Waals surface area contributed by atoms with Gasteiger partial charge in [-0.2, -0.15) is 0 Å². The van der Waals surface area contributed by atoms with E-state index in [1.807, 2.05) is 24.3 Å². The van der Waals surface area contributed by atoms with E-state index in [1.165, 1.54) is 11.8 Å². The van der Waals surface area contributed by atoms with Crippen LogP contribution in [0.3, 0.4) is 0 Å². The number of aromatic nitrogens is 6.